The molecule has 6 heteroatoms. The number of benzene rings is 1. The third-order valence-electron chi connectivity index (χ3n) is 2.40. The Bertz CT molecular complexity index is 527. The molecule has 2 rings (SSSR count). The molecule has 90 valence electrons. The predicted octanol–water partition coefficient (Wildman–Crippen LogP) is 3.45. The lowest BCUT2D eigenvalue weighted by Gasteiger charge is -2.01. The quantitative estimate of drug-likeness (QED) is 0.929. The van der Waals surface area contributed by atoms with E-state index in [9.17, 15) is 0 Å². The summed E-state index contributed by atoms with van der Waals surface area (Å²) in [5, 5.41) is 4.67. The second kappa shape index (κ2) is 5.04. The minimum Gasteiger partial charge on any atom is -0.334 e. The van der Waals surface area contributed by atoms with Crippen molar-refractivity contribution in [2.75, 3.05) is 0 Å². The molecule has 1 heterocycles. The van der Waals surface area contributed by atoms with Gasteiger partial charge in [0.25, 0.3) is 5.89 Å². The van der Waals surface area contributed by atoms with E-state index in [1.807, 2.05) is 6.92 Å². The fourth-order valence-corrected chi connectivity index (χ4v) is 1.73. The smallest absolute Gasteiger partial charge is 0.259 e. The van der Waals surface area contributed by atoms with Crippen molar-refractivity contribution in [2.45, 2.75) is 19.4 Å². The highest BCUT2D eigenvalue weighted by Crippen LogP contribution is 2.32. The van der Waals surface area contributed by atoms with E-state index in [4.69, 9.17) is 33.5 Å². The van der Waals surface area contributed by atoms with E-state index in [1.165, 1.54) is 0 Å². The number of aromatic nitrogens is 2. The molecule has 1 atom stereocenters. The molecule has 0 spiro atoms. The molecule has 0 fully saturated rings. The van der Waals surface area contributed by atoms with Crippen LogP contribution in [0.5, 0.6) is 0 Å². The SMILES string of the molecule is CCC(N)c1noc(-c2cccc(Cl)c2Cl)n1. The molecule has 0 amide bonds. The summed E-state index contributed by atoms with van der Waals surface area (Å²) in [6, 6.07) is 5.00. The highest BCUT2D eigenvalue weighted by atomic mass is 35.5. The van der Waals surface area contributed by atoms with Gasteiger partial charge >= 0.3 is 0 Å². The Hall–Kier alpha value is -1.10. The molecule has 0 saturated heterocycles. The van der Waals surface area contributed by atoms with Gasteiger partial charge in [0, 0.05) is 0 Å². The average Bonchev–Trinajstić information content (AvgIpc) is 2.81. The van der Waals surface area contributed by atoms with Crippen molar-refractivity contribution in [1.29, 1.82) is 0 Å². The number of rotatable bonds is 3. The van der Waals surface area contributed by atoms with Crippen LogP contribution in [0.2, 0.25) is 10.0 Å². The summed E-state index contributed by atoms with van der Waals surface area (Å²) < 4.78 is 5.13. The van der Waals surface area contributed by atoms with Crippen LogP contribution in [0.15, 0.2) is 22.7 Å². The van der Waals surface area contributed by atoms with Gasteiger partial charge in [0.2, 0.25) is 0 Å². The Labute approximate surface area is 109 Å². The second-order valence-electron chi connectivity index (χ2n) is 3.57. The van der Waals surface area contributed by atoms with E-state index in [0.717, 1.165) is 6.42 Å². The number of nitrogens with two attached hydrogens (primary N) is 1. The minimum absolute atomic E-state index is 0.231. The van der Waals surface area contributed by atoms with Gasteiger partial charge in [-0.05, 0) is 18.6 Å². The van der Waals surface area contributed by atoms with Crippen LogP contribution in [0.3, 0.4) is 0 Å². The number of nitrogens with zero attached hydrogens (tertiary/aromatic N) is 2. The van der Waals surface area contributed by atoms with E-state index >= 15 is 0 Å². The molecule has 0 radical (unpaired) electrons. The lowest BCUT2D eigenvalue weighted by atomic mass is 10.2. The molecule has 1 aromatic heterocycles. The molecule has 1 aromatic carbocycles. The van der Waals surface area contributed by atoms with Gasteiger partial charge in [-0.3, -0.25) is 0 Å². The van der Waals surface area contributed by atoms with Crippen molar-refractivity contribution in [1.82, 2.24) is 10.1 Å². The van der Waals surface area contributed by atoms with Gasteiger partial charge < -0.3 is 10.3 Å². The third-order valence-corrected chi connectivity index (χ3v) is 3.21. The van der Waals surface area contributed by atoms with Crippen molar-refractivity contribution in [2.24, 2.45) is 5.73 Å². The van der Waals surface area contributed by atoms with Crippen LogP contribution in [0.4, 0.5) is 0 Å². The summed E-state index contributed by atoms with van der Waals surface area (Å²) in [4.78, 5) is 4.21. The van der Waals surface area contributed by atoms with Gasteiger partial charge in [-0.15, -0.1) is 0 Å². The Morgan fingerprint density at radius 1 is 1.41 bits per heavy atom. The monoisotopic (exact) mass is 271 g/mol. The van der Waals surface area contributed by atoms with Crippen LogP contribution < -0.4 is 5.73 Å². The molecule has 0 aliphatic rings. The molecule has 0 saturated carbocycles. The summed E-state index contributed by atoms with van der Waals surface area (Å²) in [6.45, 7) is 1.95. The summed E-state index contributed by atoms with van der Waals surface area (Å²) in [7, 11) is 0. The van der Waals surface area contributed by atoms with Gasteiger partial charge in [-0.2, -0.15) is 4.98 Å². The van der Waals surface area contributed by atoms with Crippen molar-refractivity contribution < 1.29 is 4.52 Å². The molecule has 17 heavy (non-hydrogen) atoms. The van der Waals surface area contributed by atoms with E-state index in [1.54, 1.807) is 18.2 Å². The second-order valence-corrected chi connectivity index (χ2v) is 4.36. The standard InChI is InChI=1S/C11H11Cl2N3O/c1-2-8(14)10-15-11(17-16-10)6-4-3-5-7(12)9(6)13/h3-5,8H,2,14H2,1H3. The summed E-state index contributed by atoms with van der Waals surface area (Å²) in [6.07, 6.45) is 0.738. The molecular weight excluding hydrogens is 261 g/mol. The zero-order chi connectivity index (χ0) is 12.4. The van der Waals surface area contributed by atoms with E-state index in [0.29, 0.717) is 27.3 Å². The van der Waals surface area contributed by atoms with E-state index < -0.39 is 0 Å². The van der Waals surface area contributed by atoms with Crippen molar-refractivity contribution in [3.05, 3.63) is 34.1 Å². The summed E-state index contributed by atoms with van der Waals surface area (Å²) in [5.74, 6) is 0.801. The van der Waals surface area contributed by atoms with Crippen LogP contribution >= 0.6 is 23.2 Å². The fourth-order valence-electron chi connectivity index (χ4n) is 1.35. The Morgan fingerprint density at radius 2 is 2.18 bits per heavy atom. The average molecular weight is 272 g/mol. The van der Waals surface area contributed by atoms with Gasteiger partial charge in [0.1, 0.15) is 0 Å². The lowest BCUT2D eigenvalue weighted by Crippen LogP contribution is -2.10. The fraction of sp³-hybridized carbons (Fsp3) is 0.273. The highest BCUT2D eigenvalue weighted by Gasteiger charge is 2.16. The van der Waals surface area contributed by atoms with E-state index in [-0.39, 0.29) is 6.04 Å². The van der Waals surface area contributed by atoms with Gasteiger partial charge in [-0.25, -0.2) is 0 Å². The Kier molecular flexibility index (Phi) is 3.66. The molecule has 2 aromatic rings. The Balaban J connectivity index is 2.40. The first-order valence-electron chi connectivity index (χ1n) is 5.17. The molecule has 2 N–H and O–H groups in total. The van der Waals surface area contributed by atoms with Crippen LogP contribution in [0.25, 0.3) is 11.5 Å². The van der Waals surface area contributed by atoms with Crippen molar-refractivity contribution in [3.8, 4) is 11.5 Å². The highest BCUT2D eigenvalue weighted by molar-refractivity contribution is 6.43. The molecule has 4 nitrogen and oxygen atoms in total. The van der Waals surface area contributed by atoms with Crippen LogP contribution in [-0.2, 0) is 0 Å². The van der Waals surface area contributed by atoms with Gasteiger partial charge in [-0.1, -0.05) is 41.3 Å². The predicted molar refractivity (Wildman–Crippen MR) is 67.0 cm³/mol. The molecule has 1 unspecified atom stereocenters. The van der Waals surface area contributed by atoms with Crippen LogP contribution in [-0.4, -0.2) is 10.1 Å². The zero-order valence-electron chi connectivity index (χ0n) is 9.15. The maximum Gasteiger partial charge on any atom is 0.259 e. The van der Waals surface area contributed by atoms with Gasteiger partial charge in [0.05, 0.1) is 21.7 Å². The maximum atomic E-state index is 6.06. The largest absolute Gasteiger partial charge is 0.334 e. The van der Waals surface area contributed by atoms with Crippen molar-refractivity contribution >= 4 is 23.2 Å². The minimum atomic E-state index is -0.231. The molecule has 0 aliphatic heterocycles. The molecular formula is C11H11Cl2N3O. The number of halogens is 2. The van der Waals surface area contributed by atoms with Crippen LogP contribution in [0, 0.1) is 0 Å². The van der Waals surface area contributed by atoms with Crippen molar-refractivity contribution in [3.63, 3.8) is 0 Å². The zero-order valence-corrected chi connectivity index (χ0v) is 10.7. The topological polar surface area (TPSA) is 64.9 Å². The lowest BCUT2D eigenvalue weighted by molar-refractivity contribution is 0.415. The normalized spacial score (nSPS) is 12.7. The first-order valence-corrected chi connectivity index (χ1v) is 5.92. The third kappa shape index (κ3) is 2.44. The van der Waals surface area contributed by atoms with Gasteiger partial charge in [0.15, 0.2) is 5.82 Å². The first kappa shape index (κ1) is 12.4. The number of hydrogen-bond acceptors (Lipinski definition) is 4. The maximum absolute atomic E-state index is 6.06. The van der Waals surface area contributed by atoms with E-state index in [2.05, 4.69) is 10.1 Å². The summed E-state index contributed by atoms with van der Waals surface area (Å²) >= 11 is 12.0. The number of hydrogen-bond donors (Lipinski definition) is 1. The first-order chi connectivity index (χ1) is 8.13. The van der Waals surface area contributed by atoms with Crippen LogP contribution in [0.1, 0.15) is 25.2 Å². The molecule has 0 bridgehead atoms. The Morgan fingerprint density at radius 3 is 2.88 bits per heavy atom. The summed E-state index contributed by atoms with van der Waals surface area (Å²) in [5.41, 5.74) is 6.42. The molecule has 0 aliphatic carbocycles.